The van der Waals surface area contributed by atoms with E-state index in [1.807, 2.05) is 6.92 Å². The summed E-state index contributed by atoms with van der Waals surface area (Å²) in [5, 5.41) is 14.3. The number of rotatable bonds is 8. The van der Waals surface area contributed by atoms with Gasteiger partial charge in [-0.1, -0.05) is 0 Å². The fourth-order valence-electron chi connectivity index (χ4n) is 2.04. The molecule has 6 heteroatoms. The van der Waals surface area contributed by atoms with Crippen molar-refractivity contribution in [2.75, 3.05) is 19.8 Å². The molecule has 0 saturated heterocycles. The average molecular weight is 258 g/mol. The molecule has 0 radical (unpaired) electrons. The number of nitrogens with one attached hydrogen (secondary N) is 2. The second kappa shape index (κ2) is 7.20. The molecule has 1 aliphatic carbocycles. The Balaban J connectivity index is 2.19. The Labute approximate surface area is 107 Å². The lowest BCUT2D eigenvalue weighted by atomic mass is 9.74. The Morgan fingerprint density at radius 1 is 1.39 bits per heavy atom. The summed E-state index contributed by atoms with van der Waals surface area (Å²) in [7, 11) is 0. The van der Waals surface area contributed by atoms with Gasteiger partial charge in [-0.3, -0.25) is 4.79 Å². The Hall–Kier alpha value is -1.30. The van der Waals surface area contributed by atoms with Gasteiger partial charge in [-0.15, -0.1) is 0 Å². The van der Waals surface area contributed by atoms with Gasteiger partial charge in [0.05, 0.1) is 12.0 Å². The molecule has 0 aromatic rings. The fourth-order valence-corrected chi connectivity index (χ4v) is 2.04. The van der Waals surface area contributed by atoms with Crippen LogP contribution in [0.4, 0.5) is 4.79 Å². The van der Waals surface area contributed by atoms with Crippen molar-refractivity contribution in [3.05, 3.63) is 0 Å². The molecule has 2 amide bonds. The van der Waals surface area contributed by atoms with Crippen LogP contribution in [0, 0.1) is 0 Å². The molecular weight excluding hydrogens is 236 g/mol. The predicted octanol–water partition coefficient (Wildman–Crippen LogP) is 1.11. The van der Waals surface area contributed by atoms with Gasteiger partial charge in [-0.05, 0) is 32.6 Å². The summed E-state index contributed by atoms with van der Waals surface area (Å²) in [6, 6.07) is -0.285. The van der Waals surface area contributed by atoms with Gasteiger partial charge in [0.15, 0.2) is 0 Å². The minimum Gasteiger partial charge on any atom is -0.481 e. The molecule has 0 bridgehead atoms. The van der Waals surface area contributed by atoms with Gasteiger partial charge >= 0.3 is 12.0 Å². The highest BCUT2D eigenvalue weighted by Crippen LogP contribution is 2.34. The van der Waals surface area contributed by atoms with Crippen molar-refractivity contribution in [1.82, 2.24) is 10.6 Å². The normalized spacial score (nSPS) is 16.7. The third-order valence-electron chi connectivity index (χ3n) is 3.13. The van der Waals surface area contributed by atoms with E-state index in [1.54, 1.807) is 0 Å². The van der Waals surface area contributed by atoms with Crippen LogP contribution in [0.2, 0.25) is 0 Å². The van der Waals surface area contributed by atoms with E-state index >= 15 is 0 Å². The summed E-state index contributed by atoms with van der Waals surface area (Å²) in [4.78, 5) is 22.3. The molecular formula is C12H22N2O4. The lowest BCUT2D eigenvalue weighted by molar-refractivity contribution is -0.139. The summed E-state index contributed by atoms with van der Waals surface area (Å²) in [6.45, 7) is 3.76. The first kappa shape index (κ1) is 14.8. The predicted molar refractivity (Wildman–Crippen MR) is 66.5 cm³/mol. The molecule has 6 nitrogen and oxygen atoms in total. The van der Waals surface area contributed by atoms with Gasteiger partial charge in [-0.2, -0.15) is 0 Å². The van der Waals surface area contributed by atoms with Crippen molar-refractivity contribution in [3.8, 4) is 0 Å². The first-order chi connectivity index (χ1) is 8.58. The maximum Gasteiger partial charge on any atom is 0.315 e. The highest BCUT2D eigenvalue weighted by molar-refractivity contribution is 5.77. The van der Waals surface area contributed by atoms with E-state index in [2.05, 4.69) is 10.6 Å². The molecule has 18 heavy (non-hydrogen) atoms. The number of hydrogen-bond donors (Lipinski definition) is 3. The van der Waals surface area contributed by atoms with Gasteiger partial charge in [0, 0.05) is 19.8 Å². The number of urea groups is 1. The second-order valence-corrected chi connectivity index (χ2v) is 4.64. The standard InChI is InChI=1S/C12H22N2O4/c1-2-18-8-4-7-13-11(17)14-12(5-3-6-12)9-10(15)16/h2-9H2,1H3,(H,15,16)(H2,13,14,17). The zero-order valence-electron chi connectivity index (χ0n) is 10.8. The highest BCUT2D eigenvalue weighted by Gasteiger charge is 2.40. The van der Waals surface area contributed by atoms with Crippen molar-refractivity contribution in [3.63, 3.8) is 0 Å². The highest BCUT2D eigenvalue weighted by atomic mass is 16.5. The quantitative estimate of drug-likeness (QED) is 0.569. The van der Waals surface area contributed by atoms with E-state index in [4.69, 9.17) is 9.84 Å². The molecule has 1 fully saturated rings. The summed E-state index contributed by atoms with van der Waals surface area (Å²) < 4.78 is 5.15. The smallest absolute Gasteiger partial charge is 0.315 e. The first-order valence-electron chi connectivity index (χ1n) is 6.43. The molecule has 1 aliphatic rings. The molecule has 0 aliphatic heterocycles. The SMILES string of the molecule is CCOCCCNC(=O)NC1(CC(=O)O)CCC1. The average Bonchev–Trinajstić information content (AvgIpc) is 2.25. The number of carbonyl (C=O) groups is 2. The van der Waals surface area contributed by atoms with Crippen LogP contribution >= 0.6 is 0 Å². The van der Waals surface area contributed by atoms with Crippen molar-refractivity contribution in [2.24, 2.45) is 0 Å². The summed E-state index contributed by atoms with van der Waals surface area (Å²) in [6.07, 6.45) is 3.21. The lowest BCUT2D eigenvalue weighted by Crippen LogP contribution is -2.57. The Bertz CT molecular complexity index is 290. The van der Waals surface area contributed by atoms with Gasteiger partial charge in [0.25, 0.3) is 0 Å². The van der Waals surface area contributed by atoms with Crippen molar-refractivity contribution in [2.45, 2.75) is 44.6 Å². The molecule has 0 heterocycles. The van der Waals surface area contributed by atoms with Crippen LogP contribution < -0.4 is 10.6 Å². The Morgan fingerprint density at radius 3 is 2.61 bits per heavy atom. The summed E-state index contributed by atoms with van der Waals surface area (Å²) in [5.74, 6) is -0.869. The zero-order chi connectivity index (χ0) is 13.4. The summed E-state index contributed by atoms with van der Waals surface area (Å²) >= 11 is 0. The number of carboxylic acids is 1. The molecule has 0 aromatic carbocycles. The van der Waals surface area contributed by atoms with E-state index in [0.29, 0.717) is 19.8 Å². The molecule has 3 N–H and O–H groups in total. The number of amides is 2. The number of hydrogen-bond acceptors (Lipinski definition) is 3. The van der Waals surface area contributed by atoms with Crippen LogP contribution in [0.5, 0.6) is 0 Å². The van der Waals surface area contributed by atoms with Crippen LogP contribution in [0.25, 0.3) is 0 Å². The van der Waals surface area contributed by atoms with E-state index in [0.717, 1.165) is 25.7 Å². The van der Waals surface area contributed by atoms with E-state index in [1.165, 1.54) is 0 Å². The van der Waals surface area contributed by atoms with Gasteiger partial charge in [0.2, 0.25) is 0 Å². The molecule has 0 unspecified atom stereocenters. The van der Waals surface area contributed by atoms with Crippen LogP contribution in [0.3, 0.4) is 0 Å². The fraction of sp³-hybridized carbons (Fsp3) is 0.833. The van der Waals surface area contributed by atoms with Crippen molar-refractivity contribution in [1.29, 1.82) is 0 Å². The molecule has 1 saturated carbocycles. The van der Waals surface area contributed by atoms with Gasteiger partial charge in [0.1, 0.15) is 0 Å². The Morgan fingerprint density at radius 2 is 2.11 bits per heavy atom. The van der Waals surface area contributed by atoms with Crippen molar-refractivity contribution < 1.29 is 19.4 Å². The monoisotopic (exact) mass is 258 g/mol. The first-order valence-corrected chi connectivity index (χ1v) is 6.43. The van der Waals surface area contributed by atoms with Crippen LogP contribution in [0.15, 0.2) is 0 Å². The molecule has 104 valence electrons. The van der Waals surface area contributed by atoms with Crippen LogP contribution in [-0.4, -0.2) is 42.4 Å². The number of ether oxygens (including phenoxy) is 1. The van der Waals surface area contributed by atoms with Crippen LogP contribution in [-0.2, 0) is 9.53 Å². The maximum absolute atomic E-state index is 11.6. The van der Waals surface area contributed by atoms with Gasteiger partial charge in [-0.25, -0.2) is 4.79 Å². The lowest BCUT2D eigenvalue weighted by Gasteiger charge is -2.41. The van der Waals surface area contributed by atoms with Gasteiger partial charge < -0.3 is 20.5 Å². The minimum atomic E-state index is -0.869. The third-order valence-corrected chi connectivity index (χ3v) is 3.13. The third kappa shape index (κ3) is 4.91. The largest absolute Gasteiger partial charge is 0.481 e. The Kier molecular flexibility index (Phi) is 5.91. The number of aliphatic carboxylic acids is 1. The molecule has 0 atom stereocenters. The van der Waals surface area contributed by atoms with E-state index in [9.17, 15) is 9.59 Å². The number of carbonyl (C=O) groups excluding carboxylic acids is 1. The van der Waals surface area contributed by atoms with Crippen molar-refractivity contribution >= 4 is 12.0 Å². The molecule has 1 rings (SSSR count). The second-order valence-electron chi connectivity index (χ2n) is 4.64. The molecule has 0 aromatic heterocycles. The maximum atomic E-state index is 11.6. The topological polar surface area (TPSA) is 87.7 Å². The summed E-state index contributed by atoms with van der Waals surface area (Å²) in [5.41, 5.74) is -0.532. The zero-order valence-corrected chi connectivity index (χ0v) is 10.8. The number of carboxylic acid groups (broad SMARTS) is 1. The van der Waals surface area contributed by atoms with E-state index < -0.39 is 11.5 Å². The van der Waals surface area contributed by atoms with Crippen LogP contribution in [0.1, 0.15) is 39.0 Å². The van der Waals surface area contributed by atoms with E-state index in [-0.39, 0.29) is 12.5 Å². The molecule has 0 spiro atoms. The minimum absolute atomic E-state index is 0.000629.